The van der Waals surface area contributed by atoms with Gasteiger partial charge in [0.1, 0.15) is 6.10 Å². The SMILES string of the molecule is CN(C)[C@@]12CCC[C@@H]3Oc4c(O)ccc5c4[C@@]31CCN(CC1CC1)[C@@H]2C5.CNC(=O)/C=C/c1ccoc1. The van der Waals surface area contributed by atoms with Crippen molar-refractivity contribution in [2.24, 2.45) is 5.92 Å². The number of likely N-dealkylation sites (tertiary alicyclic amines) is 1. The maximum Gasteiger partial charge on any atom is 0.243 e. The summed E-state index contributed by atoms with van der Waals surface area (Å²) in [5, 5.41) is 13.0. The van der Waals surface area contributed by atoms with Crippen molar-refractivity contribution < 1.29 is 19.1 Å². The number of phenolic OH excluding ortho intramolecular Hbond substituents is 1. The molecular weight excluding hydrogens is 466 g/mol. The van der Waals surface area contributed by atoms with Crippen LogP contribution in [0.2, 0.25) is 0 Å². The Morgan fingerprint density at radius 2 is 2.08 bits per heavy atom. The number of rotatable bonds is 5. The lowest BCUT2D eigenvalue weighted by Crippen LogP contribution is -2.79. The molecule has 7 rings (SSSR count). The number of hydrogen-bond acceptors (Lipinski definition) is 6. The molecule has 3 aliphatic carbocycles. The summed E-state index contributed by atoms with van der Waals surface area (Å²) in [7, 11) is 6.18. The van der Waals surface area contributed by atoms with Gasteiger partial charge < -0.3 is 24.5 Å². The third kappa shape index (κ3) is 3.73. The molecule has 1 amide bonds. The third-order valence-electron chi connectivity index (χ3n) is 9.68. The number of aromatic hydroxyl groups is 1. The van der Waals surface area contributed by atoms with Crippen LogP contribution < -0.4 is 10.1 Å². The Morgan fingerprint density at radius 1 is 1.24 bits per heavy atom. The van der Waals surface area contributed by atoms with E-state index in [4.69, 9.17) is 9.15 Å². The number of piperidine rings is 1. The zero-order valence-corrected chi connectivity index (χ0v) is 22.2. The predicted octanol–water partition coefficient (Wildman–Crippen LogP) is 3.95. The predicted molar refractivity (Wildman–Crippen MR) is 143 cm³/mol. The van der Waals surface area contributed by atoms with Gasteiger partial charge in [0.15, 0.2) is 11.5 Å². The van der Waals surface area contributed by atoms with E-state index < -0.39 is 0 Å². The molecule has 1 spiro atoms. The number of phenols is 1. The first-order valence-electron chi connectivity index (χ1n) is 13.8. The summed E-state index contributed by atoms with van der Waals surface area (Å²) in [5.41, 5.74) is 3.88. The molecule has 198 valence electrons. The van der Waals surface area contributed by atoms with Crippen LogP contribution in [-0.4, -0.2) is 72.7 Å². The molecule has 1 saturated heterocycles. The van der Waals surface area contributed by atoms with Crippen molar-refractivity contribution in [3.63, 3.8) is 0 Å². The number of carbonyl (C=O) groups is 1. The first kappa shape index (κ1) is 24.6. The average Bonchev–Trinajstić information content (AvgIpc) is 3.42. The van der Waals surface area contributed by atoms with Crippen molar-refractivity contribution in [2.75, 3.05) is 34.2 Å². The first-order chi connectivity index (χ1) is 17.9. The molecule has 5 aliphatic rings. The van der Waals surface area contributed by atoms with Gasteiger partial charge in [-0.25, -0.2) is 0 Å². The van der Waals surface area contributed by atoms with Crippen LogP contribution in [-0.2, 0) is 16.6 Å². The minimum absolute atomic E-state index is 0.0567. The monoisotopic (exact) mass is 505 g/mol. The van der Waals surface area contributed by atoms with Crippen LogP contribution in [0.4, 0.5) is 0 Å². The summed E-state index contributed by atoms with van der Waals surface area (Å²) < 4.78 is 11.3. The molecule has 3 fully saturated rings. The van der Waals surface area contributed by atoms with Crippen molar-refractivity contribution in [1.29, 1.82) is 0 Å². The van der Waals surface area contributed by atoms with E-state index in [1.165, 1.54) is 62.4 Å². The van der Waals surface area contributed by atoms with E-state index in [0.717, 1.165) is 30.1 Å². The van der Waals surface area contributed by atoms with E-state index in [1.54, 1.807) is 31.7 Å². The van der Waals surface area contributed by atoms with Gasteiger partial charge in [0, 0.05) is 42.4 Å². The van der Waals surface area contributed by atoms with Gasteiger partial charge in [-0.3, -0.25) is 9.69 Å². The van der Waals surface area contributed by atoms with Crippen LogP contribution in [0, 0.1) is 5.92 Å². The Balaban J connectivity index is 0.000000194. The van der Waals surface area contributed by atoms with Gasteiger partial charge in [-0.15, -0.1) is 0 Å². The summed E-state index contributed by atoms with van der Waals surface area (Å²) in [6.45, 7) is 2.47. The van der Waals surface area contributed by atoms with E-state index in [9.17, 15) is 9.90 Å². The van der Waals surface area contributed by atoms with Crippen molar-refractivity contribution in [3.8, 4) is 11.5 Å². The highest BCUT2D eigenvalue weighted by Crippen LogP contribution is 2.66. The van der Waals surface area contributed by atoms with Crippen molar-refractivity contribution in [2.45, 2.75) is 68.0 Å². The van der Waals surface area contributed by atoms with Gasteiger partial charge in [-0.1, -0.05) is 6.07 Å². The molecule has 3 heterocycles. The van der Waals surface area contributed by atoms with E-state index in [-0.39, 0.29) is 23.0 Å². The van der Waals surface area contributed by atoms with Crippen LogP contribution in [0.25, 0.3) is 6.08 Å². The molecule has 0 radical (unpaired) electrons. The lowest BCUT2D eigenvalue weighted by atomic mass is 9.47. The molecule has 7 heteroatoms. The fraction of sp³-hybridized carbons (Fsp3) is 0.567. The number of furan rings is 1. The number of ether oxygens (including phenoxy) is 1. The quantitative estimate of drug-likeness (QED) is 0.599. The molecule has 2 N–H and O–H groups in total. The van der Waals surface area contributed by atoms with Gasteiger partial charge in [0.2, 0.25) is 5.91 Å². The smallest absolute Gasteiger partial charge is 0.243 e. The first-order valence-corrected chi connectivity index (χ1v) is 13.8. The number of benzene rings is 1. The zero-order chi connectivity index (χ0) is 25.8. The molecule has 2 aliphatic heterocycles. The number of nitrogens with zero attached hydrogens (tertiary/aromatic N) is 2. The molecule has 1 aromatic carbocycles. The van der Waals surface area contributed by atoms with Crippen LogP contribution in [0.1, 0.15) is 55.2 Å². The molecule has 2 bridgehead atoms. The lowest BCUT2D eigenvalue weighted by Gasteiger charge is -2.68. The van der Waals surface area contributed by atoms with Crippen molar-refractivity contribution >= 4 is 12.0 Å². The Kier molecular flexibility index (Phi) is 6.11. The molecule has 0 unspecified atom stereocenters. The van der Waals surface area contributed by atoms with Gasteiger partial charge in [-0.05, 0) is 95.3 Å². The normalized spacial score (nSPS) is 31.5. The minimum atomic E-state index is -0.119. The summed E-state index contributed by atoms with van der Waals surface area (Å²) in [6, 6.07) is 6.40. The molecule has 2 aromatic rings. The molecule has 4 atom stereocenters. The van der Waals surface area contributed by atoms with E-state index in [0.29, 0.717) is 11.8 Å². The number of hydrogen-bond donors (Lipinski definition) is 2. The fourth-order valence-corrected chi connectivity index (χ4v) is 8.02. The second-order valence-corrected chi connectivity index (χ2v) is 11.6. The number of likely N-dealkylation sites (N-methyl/N-ethyl adjacent to an activating group) is 2. The van der Waals surface area contributed by atoms with Crippen molar-refractivity contribution in [1.82, 2.24) is 15.1 Å². The van der Waals surface area contributed by atoms with Crippen LogP contribution >= 0.6 is 0 Å². The highest BCUT2D eigenvalue weighted by atomic mass is 16.5. The molecular formula is C30H39N3O4. The average molecular weight is 506 g/mol. The zero-order valence-electron chi connectivity index (χ0n) is 22.2. The summed E-state index contributed by atoms with van der Waals surface area (Å²) >= 11 is 0. The third-order valence-corrected chi connectivity index (χ3v) is 9.68. The van der Waals surface area contributed by atoms with Crippen LogP contribution in [0.5, 0.6) is 11.5 Å². The largest absolute Gasteiger partial charge is 0.504 e. The van der Waals surface area contributed by atoms with Gasteiger partial charge in [0.25, 0.3) is 0 Å². The van der Waals surface area contributed by atoms with Crippen molar-refractivity contribution in [3.05, 3.63) is 53.5 Å². The molecule has 7 nitrogen and oxygen atoms in total. The Labute approximate surface area is 219 Å². The van der Waals surface area contributed by atoms with Gasteiger partial charge in [-0.2, -0.15) is 0 Å². The molecule has 2 saturated carbocycles. The topological polar surface area (TPSA) is 78.2 Å². The standard InChI is InChI=1S/C22H30N2O2.C8H9NO2/c1-23(2)22-9-3-4-18-21(22)10-11-24(13-14-5-6-14)17(22)12-15-7-8-16(25)20(26-18)19(15)21;1-9-8(10)3-2-7-4-5-11-6-7/h7-8,14,17-18,25H,3-6,9-13H2,1-2H3;2-6H,1H3,(H,9,10)/b;3-2+/t17-,18+,21-,22-;/m1./s1. The Morgan fingerprint density at radius 3 is 2.78 bits per heavy atom. The number of carbonyl (C=O) groups excluding carboxylic acids is 1. The highest BCUT2D eigenvalue weighted by molar-refractivity contribution is 5.91. The van der Waals surface area contributed by atoms with E-state index >= 15 is 0 Å². The number of nitrogens with one attached hydrogen (secondary N) is 1. The summed E-state index contributed by atoms with van der Waals surface area (Å²) in [5.74, 6) is 1.97. The molecule has 1 aromatic heterocycles. The maximum atomic E-state index is 10.7. The van der Waals surface area contributed by atoms with Crippen LogP contribution in [0.15, 0.2) is 41.2 Å². The van der Waals surface area contributed by atoms with Gasteiger partial charge in [0.05, 0.1) is 17.9 Å². The molecule has 37 heavy (non-hydrogen) atoms. The van der Waals surface area contributed by atoms with Crippen LogP contribution in [0.3, 0.4) is 0 Å². The minimum Gasteiger partial charge on any atom is -0.504 e. The fourth-order valence-electron chi connectivity index (χ4n) is 8.02. The summed E-state index contributed by atoms with van der Waals surface area (Å²) in [6.07, 6.45) is 15.2. The Bertz CT molecular complexity index is 1190. The Hall–Kier alpha value is -2.77. The highest BCUT2D eigenvalue weighted by Gasteiger charge is 2.72. The van der Waals surface area contributed by atoms with E-state index in [1.807, 2.05) is 6.07 Å². The maximum absolute atomic E-state index is 10.7. The second-order valence-electron chi connectivity index (χ2n) is 11.6. The van der Waals surface area contributed by atoms with E-state index in [2.05, 4.69) is 35.3 Å². The summed E-state index contributed by atoms with van der Waals surface area (Å²) in [4.78, 5) is 16.1. The second kappa shape index (κ2) is 9.21. The lowest BCUT2D eigenvalue weighted by molar-refractivity contribution is -0.135. The number of amides is 1. The van der Waals surface area contributed by atoms with Gasteiger partial charge >= 0.3 is 0 Å².